The van der Waals surface area contributed by atoms with E-state index in [9.17, 15) is 0 Å². The minimum atomic E-state index is -0.317. The molecule has 1 aromatic carbocycles. The lowest BCUT2D eigenvalue weighted by Gasteiger charge is -2.32. The van der Waals surface area contributed by atoms with Gasteiger partial charge in [-0.2, -0.15) is 0 Å². The van der Waals surface area contributed by atoms with Gasteiger partial charge in [0.1, 0.15) is 0 Å². The van der Waals surface area contributed by atoms with Crippen molar-refractivity contribution in [1.29, 1.82) is 0 Å². The van der Waals surface area contributed by atoms with Crippen molar-refractivity contribution >= 4 is 12.6 Å². The average molecular weight is 335 g/mol. The van der Waals surface area contributed by atoms with Crippen LogP contribution >= 0.6 is 0 Å². The molecule has 0 spiro atoms. The molecule has 4 rings (SSSR count). The quantitative estimate of drug-likeness (QED) is 0.787. The third-order valence-electron chi connectivity index (χ3n) is 5.89. The van der Waals surface area contributed by atoms with Gasteiger partial charge in [0, 0.05) is 11.8 Å². The van der Waals surface area contributed by atoms with Gasteiger partial charge in [0.05, 0.1) is 16.9 Å². The molecule has 130 valence electrons. The summed E-state index contributed by atoms with van der Waals surface area (Å²) in [5.41, 5.74) is 5.20. The van der Waals surface area contributed by atoms with Crippen molar-refractivity contribution in [3.8, 4) is 11.3 Å². The maximum atomic E-state index is 6.16. The van der Waals surface area contributed by atoms with E-state index in [2.05, 4.69) is 69.9 Å². The van der Waals surface area contributed by atoms with Gasteiger partial charge in [-0.25, -0.2) is 0 Å². The van der Waals surface area contributed by atoms with Gasteiger partial charge in [-0.05, 0) is 76.0 Å². The molecular weight excluding hydrogens is 309 g/mol. The summed E-state index contributed by atoms with van der Waals surface area (Å²) in [5, 5.41) is 0. The second-order valence-corrected chi connectivity index (χ2v) is 8.41. The fourth-order valence-corrected chi connectivity index (χ4v) is 3.32. The Labute approximate surface area is 150 Å². The maximum absolute atomic E-state index is 6.16. The Morgan fingerprint density at radius 2 is 1.68 bits per heavy atom. The number of benzene rings is 1. The van der Waals surface area contributed by atoms with E-state index < -0.39 is 0 Å². The van der Waals surface area contributed by atoms with Crippen molar-refractivity contribution in [2.45, 2.75) is 64.6 Å². The molecule has 0 amide bonds. The van der Waals surface area contributed by atoms with Crippen molar-refractivity contribution in [3.05, 3.63) is 47.7 Å². The molecule has 1 aromatic heterocycles. The first kappa shape index (κ1) is 16.8. The standard InChI is InChI=1S/C21H26BNO2/c1-14-12-17(22-24-20(2,3)21(4,5)25-22)9-10-18(14)19-11-8-16(13-23-19)15-6-7-15/h8-13,15H,6-7H2,1-5H3. The third kappa shape index (κ3) is 3.02. The van der Waals surface area contributed by atoms with Crippen molar-refractivity contribution < 1.29 is 9.31 Å². The Balaban J connectivity index is 1.59. The number of aromatic nitrogens is 1. The SMILES string of the molecule is Cc1cc(B2OC(C)(C)C(C)(C)O2)ccc1-c1ccc(C2CC2)cn1. The largest absolute Gasteiger partial charge is 0.494 e. The number of rotatable bonds is 3. The topological polar surface area (TPSA) is 31.4 Å². The molecule has 1 saturated carbocycles. The zero-order chi connectivity index (χ0) is 17.8. The molecule has 25 heavy (non-hydrogen) atoms. The second-order valence-electron chi connectivity index (χ2n) is 8.41. The summed E-state index contributed by atoms with van der Waals surface area (Å²) in [5.74, 6) is 0.744. The highest BCUT2D eigenvalue weighted by Crippen LogP contribution is 2.40. The van der Waals surface area contributed by atoms with Crippen molar-refractivity contribution in [2.75, 3.05) is 0 Å². The van der Waals surface area contributed by atoms with E-state index in [0.29, 0.717) is 0 Å². The fourth-order valence-electron chi connectivity index (χ4n) is 3.32. The van der Waals surface area contributed by atoms with Gasteiger partial charge in [0.15, 0.2) is 0 Å². The molecule has 1 aliphatic carbocycles. The number of hydrogen-bond donors (Lipinski definition) is 0. The van der Waals surface area contributed by atoms with Crippen LogP contribution in [0.2, 0.25) is 0 Å². The lowest BCUT2D eigenvalue weighted by atomic mass is 9.77. The molecule has 0 unspecified atom stereocenters. The van der Waals surface area contributed by atoms with Gasteiger partial charge < -0.3 is 9.31 Å². The first-order valence-electron chi connectivity index (χ1n) is 9.19. The van der Waals surface area contributed by atoms with E-state index in [1.165, 1.54) is 29.5 Å². The normalized spacial score (nSPS) is 21.6. The van der Waals surface area contributed by atoms with E-state index in [1.807, 2.05) is 6.20 Å². The van der Waals surface area contributed by atoms with Crippen LogP contribution < -0.4 is 5.46 Å². The van der Waals surface area contributed by atoms with Gasteiger partial charge in [-0.15, -0.1) is 0 Å². The molecule has 3 nitrogen and oxygen atoms in total. The van der Waals surface area contributed by atoms with Gasteiger partial charge in [-0.1, -0.05) is 24.3 Å². The predicted octanol–water partition coefficient (Wildman–Crippen LogP) is 4.23. The second kappa shape index (κ2) is 5.68. The van der Waals surface area contributed by atoms with Crippen LogP contribution in [-0.2, 0) is 9.31 Å². The molecule has 4 heteroatoms. The lowest BCUT2D eigenvalue weighted by Crippen LogP contribution is -2.41. The number of hydrogen-bond acceptors (Lipinski definition) is 3. The van der Waals surface area contributed by atoms with Crippen LogP contribution in [-0.4, -0.2) is 23.3 Å². The number of aryl methyl sites for hydroxylation is 1. The average Bonchev–Trinajstić information content (AvgIpc) is 3.35. The van der Waals surface area contributed by atoms with Crippen LogP contribution in [0, 0.1) is 6.92 Å². The molecule has 1 saturated heterocycles. The Hall–Kier alpha value is -1.65. The summed E-state index contributed by atoms with van der Waals surface area (Å²) in [6.07, 6.45) is 4.65. The van der Waals surface area contributed by atoms with E-state index in [-0.39, 0.29) is 18.3 Å². The van der Waals surface area contributed by atoms with Crippen LogP contribution in [0.15, 0.2) is 36.5 Å². The van der Waals surface area contributed by atoms with Crippen molar-refractivity contribution in [3.63, 3.8) is 0 Å². The summed E-state index contributed by atoms with van der Waals surface area (Å²) < 4.78 is 12.3. The summed E-state index contributed by atoms with van der Waals surface area (Å²) >= 11 is 0. The molecule has 1 aliphatic heterocycles. The highest BCUT2D eigenvalue weighted by Gasteiger charge is 2.51. The Bertz CT molecular complexity index is 778. The van der Waals surface area contributed by atoms with Crippen LogP contribution in [0.4, 0.5) is 0 Å². The lowest BCUT2D eigenvalue weighted by molar-refractivity contribution is 0.00578. The van der Waals surface area contributed by atoms with E-state index >= 15 is 0 Å². The summed E-state index contributed by atoms with van der Waals surface area (Å²) in [6, 6.07) is 10.8. The molecule has 0 atom stereocenters. The summed E-state index contributed by atoms with van der Waals surface area (Å²) in [6.45, 7) is 10.5. The minimum absolute atomic E-state index is 0.315. The van der Waals surface area contributed by atoms with E-state index in [0.717, 1.165) is 17.1 Å². The van der Waals surface area contributed by atoms with Crippen LogP contribution in [0.1, 0.15) is 57.6 Å². The predicted molar refractivity (Wildman–Crippen MR) is 102 cm³/mol. The highest BCUT2D eigenvalue weighted by molar-refractivity contribution is 6.62. The van der Waals surface area contributed by atoms with E-state index in [1.54, 1.807) is 0 Å². The first-order valence-corrected chi connectivity index (χ1v) is 9.19. The summed E-state index contributed by atoms with van der Waals surface area (Å²) in [4.78, 5) is 4.68. The van der Waals surface area contributed by atoms with Gasteiger partial charge in [0.25, 0.3) is 0 Å². The highest BCUT2D eigenvalue weighted by atomic mass is 16.7. The number of nitrogens with zero attached hydrogens (tertiary/aromatic N) is 1. The molecule has 0 radical (unpaired) electrons. The molecular formula is C21H26BNO2. The molecule has 0 bridgehead atoms. The first-order chi connectivity index (χ1) is 11.8. The van der Waals surface area contributed by atoms with Gasteiger partial charge in [0.2, 0.25) is 0 Å². The third-order valence-corrected chi connectivity index (χ3v) is 5.89. The molecule has 2 aromatic rings. The fraction of sp³-hybridized carbons (Fsp3) is 0.476. The maximum Gasteiger partial charge on any atom is 0.494 e. The molecule has 2 fully saturated rings. The summed E-state index contributed by atoms with van der Waals surface area (Å²) in [7, 11) is -0.317. The zero-order valence-electron chi connectivity index (χ0n) is 15.8. The Morgan fingerprint density at radius 3 is 2.20 bits per heavy atom. The molecule has 2 heterocycles. The van der Waals surface area contributed by atoms with Crippen LogP contribution in [0.25, 0.3) is 11.3 Å². The Morgan fingerprint density at radius 1 is 1.00 bits per heavy atom. The van der Waals surface area contributed by atoms with Crippen molar-refractivity contribution in [1.82, 2.24) is 4.98 Å². The monoisotopic (exact) mass is 335 g/mol. The molecule has 2 aliphatic rings. The number of pyridine rings is 1. The van der Waals surface area contributed by atoms with Gasteiger partial charge in [-0.3, -0.25) is 4.98 Å². The smallest absolute Gasteiger partial charge is 0.399 e. The van der Waals surface area contributed by atoms with Crippen molar-refractivity contribution in [2.24, 2.45) is 0 Å². The van der Waals surface area contributed by atoms with Gasteiger partial charge >= 0.3 is 7.12 Å². The van der Waals surface area contributed by atoms with Crippen LogP contribution in [0.3, 0.4) is 0 Å². The molecule has 0 N–H and O–H groups in total. The van der Waals surface area contributed by atoms with E-state index in [4.69, 9.17) is 9.31 Å². The van der Waals surface area contributed by atoms with Crippen LogP contribution in [0.5, 0.6) is 0 Å². The minimum Gasteiger partial charge on any atom is -0.399 e. The Kier molecular flexibility index (Phi) is 3.82. The zero-order valence-corrected chi connectivity index (χ0v) is 15.8.